The number of rotatable bonds is 6. The molecule has 6 heteroatoms. The van der Waals surface area contributed by atoms with Crippen molar-refractivity contribution < 1.29 is 14.3 Å². The van der Waals surface area contributed by atoms with Crippen molar-refractivity contribution in [2.75, 3.05) is 45.3 Å². The molecule has 1 saturated heterocycles. The van der Waals surface area contributed by atoms with Gasteiger partial charge in [0.25, 0.3) is 0 Å². The lowest BCUT2D eigenvalue weighted by Gasteiger charge is -2.31. The molecule has 1 fully saturated rings. The third-order valence-corrected chi connectivity index (χ3v) is 4.38. The van der Waals surface area contributed by atoms with Crippen molar-refractivity contribution in [3.63, 3.8) is 0 Å². The van der Waals surface area contributed by atoms with Gasteiger partial charge in [0.15, 0.2) is 0 Å². The number of ether oxygens (including phenoxy) is 2. The van der Waals surface area contributed by atoms with Crippen LogP contribution in [-0.4, -0.2) is 50.9 Å². The van der Waals surface area contributed by atoms with E-state index in [2.05, 4.69) is 15.5 Å². The molecule has 1 aliphatic rings. The van der Waals surface area contributed by atoms with E-state index in [1.165, 1.54) is 0 Å². The van der Waals surface area contributed by atoms with Crippen LogP contribution < -0.4 is 15.4 Å². The van der Waals surface area contributed by atoms with E-state index in [9.17, 15) is 4.79 Å². The maximum Gasteiger partial charge on any atom is 0.319 e. The van der Waals surface area contributed by atoms with Crippen LogP contribution >= 0.6 is 0 Å². The zero-order valence-corrected chi connectivity index (χ0v) is 15.0. The third-order valence-electron chi connectivity index (χ3n) is 4.38. The minimum absolute atomic E-state index is 0.0973. The van der Waals surface area contributed by atoms with Crippen molar-refractivity contribution in [2.24, 2.45) is 0 Å². The van der Waals surface area contributed by atoms with Gasteiger partial charge in [-0.2, -0.15) is 0 Å². The van der Waals surface area contributed by atoms with E-state index < -0.39 is 0 Å². The Morgan fingerprint density at radius 3 is 2.65 bits per heavy atom. The molecule has 0 saturated carbocycles. The Bertz CT molecular complexity index is 702. The number of nitrogens with one attached hydrogen (secondary N) is 2. The monoisotopic (exact) mass is 355 g/mol. The molecule has 1 aliphatic heterocycles. The Labute approximate surface area is 154 Å². The number of anilines is 1. The molecular formula is C20H25N3O3. The fourth-order valence-electron chi connectivity index (χ4n) is 2.99. The summed E-state index contributed by atoms with van der Waals surface area (Å²) in [6, 6.07) is 17.0. The highest BCUT2D eigenvalue weighted by atomic mass is 16.5. The number of hydrogen-bond acceptors (Lipinski definition) is 4. The van der Waals surface area contributed by atoms with E-state index in [0.29, 0.717) is 11.4 Å². The first-order valence-electron chi connectivity index (χ1n) is 8.81. The molecule has 0 aliphatic carbocycles. The summed E-state index contributed by atoms with van der Waals surface area (Å²) in [6.07, 6.45) is 0. The van der Waals surface area contributed by atoms with Gasteiger partial charge in [0.05, 0.1) is 26.4 Å². The van der Waals surface area contributed by atoms with Crippen molar-refractivity contribution in [3.8, 4) is 5.75 Å². The Morgan fingerprint density at radius 2 is 1.92 bits per heavy atom. The van der Waals surface area contributed by atoms with E-state index in [4.69, 9.17) is 9.47 Å². The molecule has 1 heterocycles. The average Bonchev–Trinajstić information content (AvgIpc) is 2.69. The lowest BCUT2D eigenvalue weighted by molar-refractivity contribution is 0.0340. The number of morpholine rings is 1. The molecule has 2 aromatic carbocycles. The summed E-state index contributed by atoms with van der Waals surface area (Å²) in [7, 11) is 1.60. The normalized spacial score (nSPS) is 15.9. The smallest absolute Gasteiger partial charge is 0.319 e. The van der Waals surface area contributed by atoms with Gasteiger partial charge in [-0.1, -0.05) is 36.4 Å². The predicted octanol–water partition coefficient (Wildman–Crippen LogP) is 2.89. The van der Waals surface area contributed by atoms with Crippen molar-refractivity contribution in [1.82, 2.24) is 10.2 Å². The van der Waals surface area contributed by atoms with Crippen LogP contribution in [0.25, 0.3) is 0 Å². The number of carbonyl (C=O) groups is 1. The van der Waals surface area contributed by atoms with Gasteiger partial charge in [0.2, 0.25) is 0 Å². The predicted molar refractivity (Wildman–Crippen MR) is 102 cm³/mol. The maximum absolute atomic E-state index is 12.5. The molecule has 26 heavy (non-hydrogen) atoms. The first kappa shape index (κ1) is 18.2. The van der Waals surface area contributed by atoms with Crippen LogP contribution in [0.15, 0.2) is 54.6 Å². The Morgan fingerprint density at radius 1 is 1.15 bits per heavy atom. The van der Waals surface area contributed by atoms with E-state index in [1.54, 1.807) is 13.2 Å². The van der Waals surface area contributed by atoms with Crippen LogP contribution in [-0.2, 0) is 4.74 Å². The number of carbonyl (C=O) groups excluding carboxylic acids is 1. The van der Waals surface area contributed by atoms with Crippen molar-refractivity contribution in [1.29, 1.82) is 0 Å². The molecule has 0 radical (unpaired) electrons. The SMILES string of the molecule is COc1cccc(NC(=O)NC(CN2CCOCC2)c2ccccc2)c1. The number of benzene rings is 2. The molecule has 2 aromatic rings. The van der Waals surface area contributed by atoms with Gasteiger partial charge in [-0.15, -0.1) is 0 Å². The molecule has 1 atom stereocenters. The fraction of sp³-hybridized carbons (Fsp3) is 0.350. The molecule has 3 rings (SSSR count). The lowest BCUT2D eigenvalue weighted by Crippen LogP contribution is -2.44. The Kier molecular flexibility index (Phi) is 6.46. The molecule has 6 nitrogen and oxygen atoms in total. The van der Waals surface area contributed by atoms with Gasteiger partial charge in [0.1, 0.15) is 5.75 Å². The second-order valence-corrected chi connectivity index (χ2v) is 6.21. The summed E-state index contributed by atoms with van der Waals surface area (Å²) in [6.45, 7) is 3.97. The molecule has 2 N–H and O–H groups in total. The highest BCUT2D eigenvalue weighted by molar-refractivity contribution is 5.89. The summed E-state index contributed by atoms with van der Waals surface area (Å²) in [5.74, 6) is 0.704. The van der Waals surface area contributed by atoms with Crippen LogP contribution in [0.2, 0.25) is 0 Å². The molecule has 0 spiro atoms. The van der Waals surface area contributed by atoms with Crippen molar-refractivity contribution in [2.45, 2.75) is 6.04 Å². The van der Waals surface area contributed by atoms with Gasteiger partial charge in [-0.05, 0) is 17.7 Å². The third kappa shape index (κ3) is 5.21. The van der Waals surface area contributed by atoms with Crippen molar-refractivity contribution in [3.05, 3.63) is 60.2 Å². The van der Waals surface area contributed by atoms with Crippen LogP contribution in [0.3, 0.4) is 0 Å². The average molecular weight is 355 g/mol. The van der Waals surface area contributed by atoms with Crippen LogP contribution in [0.1, 0.15) is 11.6 Å². The molecule has 1 unspecified atom stereocenters. The largest absolute Gasteiger partial charge is 0.497 e. The Balaban J connectivity index is 1.66. The molecule has 2 amide bonds. The number of amides is 2. The quantitative estimate of drug-likeness (QED) is 0.836. The second-order valence-electron chi connectivity index (χ2n) is 6.21. The summed E-state index contributed by atoms with van der Waals surface area (Å²) in [4.78, 5) is 14.8. The summed E-state index contributed by atoms with van der Waals surface area (Å²) >= 11 is 0. The van der Waals surface area contributed by atoms with Gasteiger partial charge in [-0.25, -0.2) is 4.79 Å². The van der Waals surface area contributed by atoms with Gasteiger partial charge >= 0.3 is 6.03 Å². The fourth-order valence-corrected chi connectivity index (χ4v) is 2.99. The molecule has 138 valence electrons. The number of urea groups is 1. The highest BCUT2D eigenvalue weighted by Gasteiger charge is 2.20. The Hall–Kier alpha value is -2.57. The minimum Gasteiger partial charge on any atom is -0.497 e. The minimum atomic E-state index is -0.236. The first-order chi connectivity index (χ1) is 12.7. The van der Waals surface area contributed by atoms with E-state index in [0.717, 1.165) is 38.4 Å². The second kappa shape index (κ2) is 9.22. The number of nitrogens with zero attached hydrogens (tertiary/aromatic N) is 1. The number of hydrogen-bond donors (Lipinski definition) is 2. The summed E-state index contributed by atoms with van der Waals surface area (Å²) < 4.78 is 10.6. The van der Waals surface area contributed by atoms with E-state index in [-0.39, 0.29) is 12.1 Å². The molecular weight excluding hydrogens is 330 g/mol. The van der Waals surface area contributed by atoms with Crippen LogP contribution in [0.4, 0.5) is 10.5 Å². The molecule has 0 aromatic heterocycles. The van der Waals surface area contributed by atoms with Crippen LogP contribution in [0, 0.1) is 0 Å². The zero-order chi connectivity index (χ0) is 18.2. The number of methoxy groups -OCH3 is 1. The highest BCUT2D eigenvalue weighted by Crippen LogP contribution is 2.18. The van der Waals surface area contributed by atoms with Crippen molar-refractivity contribution >= 4 is 11.7 Å². The summed E-state index contributed by atoms with van der Waals surface area (Å²) in [5.41, 5.74) is 1.78. The summed E-state index contributed by atoms with van der Waals surface area (Å²) in [5, 5.41) is 5.97. The van der Waals surface area contributed by atoms with Crippen LogP contribution in [0.5, 0.6) is 5.75 Å². The zero-order valence-electron chi connectivity index (χ0n) is 15.0. The van der Waals surface area contributed by atoms with Gasteiger partial charge < -0.3 is 20.1 Å². The maximum atomic E-state index is 12.5. The van der Waals surface area contributed by atoms with E-state index in [1.807, 2.05) is 48.5 Å². The first-order valence-corrected chi connectivity index (χ1v) is 8.81. The molecule has 0 bridgehead atoms. The topological polar surface area (TPSA) is 62.8 Å². The van der Waals surface area contributed by atoms with Gasteiger partial charge in [0, 0.05) is 31.4 Å². The lowest BCUT2D eigenvalue weighted by atomic mass is 10.1. The van der Waals surface area contributed by atoms with E-state index >= 15 is 0 Å². The standard InChI is InChI=1S/C20H25N3O3/c1-25-18-9-5-8-17(14-18)21-20(24)22-19(16-6-3-2-4-7-16)15-23-10-12-26-13-11-23/h2-9,14,19H,10-13,15H2,1H3,(H2,21,22,24). The van der Waals surface area contributed by atoms with Gasteiger partial charge in [-0.3, -0.25) is 4.90 Å².